The summed E-state index contributed by atoms with van der Waals surface area (Å²) < 4.78 is 23.9. The van der Waals surface area contributed by atoms with E-state index in [1.807, 2.05) is 6.92 Å². The topological polar surface area (TPSA) is 58.5 Å². The maximum atomic E-state index is 12.0. The Bertz CT molecular complexity index is 495. The van der Waals surface area contributed by atoms with E-state index in [1.165, 1.54) is 0 Å². The van der Waals surface area contributed by atoms with Gasteiger partial charge in [0.15, 0.2) is 0 Å². The predicted molar refractivity (Wildman–Crippen MR) is 78.6 cm³/mol. The van der Waals surface area contributed by atoms with Gasteiger partial charge in [-0.25, -0.2) is 4.83 Å². The molecule has 0 amide bonds. The fourth-order valence-electron chi connectivity index (χ4n) is 1.67. The first-order valence-corrected chi connectivity index (χ1v) is 8.20. The Labute approximate surface area is 116 Å². The summed E-state index contributed by atoms with van der Waals surface area (Å²) in [6.45, 7) is 4.13. The molecule has 0 aliphatic rings. The van der Waals surface area contributed by atoms with Crippen molar-refractivity contribution in [1.82, 2.24) is 4.83 Å². The fraction of sp³-hybridized carbons (Fsp3) is 0.500. The zero-order valence-electron chi connectivity index (χ0n) is 11.6. The Hall–Kier alpha value is -1.36. The van der Waals surface area contributed by atoms with Crippen LogP contribution in [0.25, 0.3) is 0 Å². The summed E-state index contributed by atoms with van der Waals surface area (Å²) in [5, 5.41) is 4.04. The van der Waals surface area contributed by atoms with Crippen LogP contribution in [-0.4, -0.2) is 14.1 Å². The minimum Gasteiger partial charge on any atom is -0.200 e. The first kappa shape index (κ1) is 15.7. The second kappa shape index (κ2) is 7.94. The maximum Gasteiger partial charge on any atom is 0.276 e. The number of rotatable bonds is 8. The highest BCUT2D eigenvalue weighted by Gasteiger charge is 2.11. The number of nitrogens with zero attached hydrogens (tertiary/aromatic N) is 1. The van der Waals surface area contributed by atoms with Crippen molar-refractivity contribution in [3.05, 3.63) is 30.3 Å². The summed E-state index contributed by atoms with van der Waals surface area (Å²) in [7, 11) is -3.53. The highest BCUT2D eigenvalue weighted by Crippen LogP contribution is 2.08. The monoisotopic (exact) mass is 282 g/mol. The standard InChI is InChI=1S/C14H22N2O2S/c1-3-5-7-10-13(4-2)15-16-19(17,18)14-11-8-6-9-12-14/h6,8-9,11-12,16H,3-5,7,10H2,1-2H3/b15-13-. The molecule has 0 saturated heterocycles. The van der Waals surface area contributed by atoms with Gasteiger partial charge in [-0.2, -0.15) is 13.5 Å². The van der Waals surface area contributed by atoms with E-state index in [-0.39, 0.29) is 4.90 Å². The van der Waals surface area contributed by atoms with Crippen LogP contribution in [0.3, 0.4) is 0 Å². The van der Waals surface area contributed by atoms with E-state index < -0.39 is 10.0 Å². The first-order chi connectivity index (χ1) is 9.10. The summed E-state index contributed by atoms with van der Waals surface area (Å²) >= 11 is 0. The quantitative estimate of drug-likeness (QED) is 0.452. The van der Waals surface area contributed by atoms with Crippen molar-refractivity contribution in [2.24, 2.45) is 5.10 Å². The van der Waals surface area contributed by atoms with Crippen molar-refractivity contribution in [3.8, 4) is 0 Å². The lowest BCUT2D eigenvalue weighted by atomic mass is 10.1. The highest BCUT2D eigenvalue weighted by atomic mass is 32.2. The van der Waals surface area contributed by atoms with Crippen molar-refractivity contribution >= 4 is 15.7 Å². The van der Waals surface area contributed by atoms with Crippen LogP contribution in [0.5, 0.6) is 0 Å². The smallest absolute Gasteiger partial charge is 0.200 e. The minimum atomic E-state index is -3.53. The van der Waals surface area contributed by atoms with Crippen molar-refractivity contribution in [3.63, 3.8) is 0 Å². The van der Waals surface area contributed by atoms with Crippen LogP contribution in [0.4, 0.5) is 0 Å². The first-order valence-electron chi connectivity index (χ1n) is 6.72. The second-order valence-corrected chi connectivity index (χ2v) is 6.06. The molecule has 5 heteroatoms. The Balaban J connectivity index is 2.67. The number of nitrogens with one attached hydrogen (secondary N) is 1. The molecule has 1 aromatic rings. The van der Waals surface area contributed by atoms with E-state index in [0.29, 0.717) is 0 Å². The lowest BCUT2D eigenvalue weighted by molar-refractivity contribution is 0.584. The van der Waals surface area contributed by atoms with Gasteiger partial charge < -0.3 is 0 Å². The number of benzene rings is 1. The van der Waals surface area contributed by atoms with Gasteiger partial charge in [-0.1, -0.05) is 44.9 Å². The van der Waals surface area contributed by atoms with E-state index >= 15 is 0 Å². The minimum absolute atomic E-state index is 0.239. The van der Waals surface area contributed by atoms with E-state index in [2.05, 4.69) is 16.9 Å². The van der Waals surface area contributed by atoms with Crippen LogP contribution in [0.15, 0.2) is 40.3 Å². The number of hydrazone groups is 1. The van der Waals surface area contributed by atoms with Gasteiger partial charge in [0.05, 0.1) is 4.90 Å². The third-order valence-corrected chi connectivity index (χ3v) is 4.08. The van der Waals surface area contributed by atoms with Crippen molar-refractivity contribution in [2.75, 3.05) is 0 Å². The van der Waals surface area contributed by atoms with Crippen LogP contribution in [0.2, 0.25) is 0 Å². The van der Waals surface area contributed by atoms with E-state index in [4.69, 9.17) is 0 Å². The van der Waals surface area contributed by atoms with Crippen LogP contribution < -0.4 is 4.83 Å². The van der Waals surface area contributed by atoms with Crippen molar-refractivity contribution in [2.45, 2.75) is 50.8 Å². The summed E-state index contributed by atoms with van der Waals surface area (Å²) in [6, 6.07) is 8.28. The zero-order valence-corrected chi connectivity index (χ0v) is 12.4. The molecule has 1 N–H and O–H groups in total. The number of hydrogen-bond acceptors (Lipinski definition) is 3. The van der Waals surface area contributed by atoms with E-state index in [1.54, 1.807) is 30.3 Å². The summed E-state index contributed by atoms with van der Waals surface area (Å²) in [4.78, 5) is 2.55. The van der Waals surface area contributed by atoms with Crippen molar-refractivity contribution in [1.29, 1.82) is 0 Å². The van der Waals surface area contributed by atoms with Gasteiger partial charge in [-0.05, 0) is 31.4 Å². The van der Waals surface area contributed by atoms with E-state index in [9.17, 15) is 8.42 Å². The molecule has 106 valence electrons. The van der Waals surface area contributed by atoms with Crippen LogP contribution in [-0.2, 0) is 10.0 Å². The van der Waals surface area contributed by atoms with Crippen LogP contribution >= 0.6 is 0 Å². The molecule has 0 bridgehead atoms. The molecular weight excluding hydrogens is 260 g/mol. The van der Waals surface area contributed by atoms with Gasteiger partial charge in [0.1, 0.15) is 0 Å². The van der Waals surface area contributed by atoms with E-state index in [0.717, 1.165) is 37.8 Å². The molecule has 1 rings (SSSR count). The molecule has 0 unspecified atom stereocenters. The normalized spacial score (nSPS) is 12.4. The van der Waals surface area contributed by atoms with Gasteiger partial charge in [0.25, 0.3) is 10.0 Å². The Morgan fingerprint density at radius 3 is 2.42 bits per heavy atom. The van der Waals surface area contributed by atoms with Crippen molar-refractivity contribution < 1.29 is 8.42 Å². The maximum absolute atomic E-state index is 12.0. The molecular formula is C14H22N2O2S. The Morgan fingerprint density at radius 1 is 1.16 bits per heavy atom. The Morgan fingerprint density at radius 2 is 1.84 bits per heavy atom. The van der Waals surface area contributed by atoms with Gasteiger partial charge in [0, 0.05) is 5.71 Å². The molecule has 0 aliphatic carbocycles. The molecule has 0 heterocycles. The molecule has 1 aromatic carbocycles. The molecule has 19 heavy (non-hydrogen) atoms. The lowest BCUT2D eigenvalue weighted by Gasteiger charge is -2.06. The summed E-state index contributed by atoms with van der Waals surface area (Å²) in [5.74, 6) is 0. The van der Waals surface area contributed by atoms with Crippen LogP contribution in [0.1, 0.15) is 46.0 Å². The molecule has 0 fully saturated rings. The average Bonchev–Trinajstić information content (AvgIpc) is 2.43. The van der Waals surface area contributed by atoms with Gasteiger partial charge in [-0.15, -0.1) is 0 Å². The Kier molecular flexibility index (Phi) is 6.56. The molecule has 0 saturated carbocycles. The third-order valence-electron chi connectivity index (χ3n) is 2.85. The zero-order chi connectivity index (χ0) is 14.1. The highest BCUT2D eigenvalue weighted by molar-refractivity contribution is 7.89. The molecule has 0 radical (unpaired) electrons. The fourth-order valence-corrected chi connectivity index (χ4v) is 2.54. The predicted octanol–water partition coefficient (Wildman–Crippen LogP) is 3.31. The van der Waals surface area contributed by atoms with Gasteiger partial charge in [-0.3, -0.25) is 0 Å². The largest absolute Gasteiger partial charge is 0.276 e. The van der Waals surface area contributed by atoms with Crippen LogP contribution in [0, 0.1) is 0 Å². The molecule has 4 nitrogen and oxygen atoms in total. The lowest BCUT2D eigenvalue weighted by Crippen LogP contribution is -2.20. The SMILES string of the molecule is CCCCC/C(CC)=N\NS(=O)(=O)c1ccccc1. The second-order valence-electron chi connectivity index (χ2n) is 4.40. The third kappa shape index (κ3) is 5.42. The molecule has 0 aromatic heterocycles. The average molecular weight is 282 g/mol. The van der Waals surface area contributed by atoms with Gasteiger partial charge >= 0.3 is 0 Å². The molecule has 0 aliphatic heterocycles. The van der Waals surface area contributed by atoms with Gasteiger partial charge in [0.2, 0.25) is 0 Å². The molecule has 0 spiro atoms. The summed E-state index contributed by atoms with van der Waals surface area (Å²) in [6.07, 6.45) is 4.95. The number of hydrogen-bond donors (Lipinski definition) is 1. The summed E-state index contributed by atoms with van der Waals surface area (Å²) in [5.41, 5.74) is 0.896. The number of sulfonamides is 1. The molecule has 0 atom stereocenters. The number of unbranched alkanes of at least 4 members (excludes halogenated alkanes) is 2.